The van der Waals surface area contributed by atoms with Gasteiger partial charge in [0.05, 0.1) is 29.0 Å². The van der Waals surface area contributed by atoms with E-state index in [1.165, 1.54) is 31.4 Å². The topological polar surface area (TPSA) is 39.4 Å². The third kappa shape index (κ3) is 2.21. The van der Waals surface area contributed by atoms with Crippen molar-refractivity contribution in [3.63, 3.8) is 0 Å². The average molecular weight is 378 g/mol. The molecule has 0 spiro atoms. The van der Waals surface area contributed by atoms with E-state index in [1.807, 2.05) is 11.6 Å². The highest BCUT2D eigenvalue weighted by Crippen LogP contribution is 2.46. The molecule has 6 heteroatoms. The number of aryl methyl sites for hydroxylation is 1. The molecule has 0 N–H and O–H groups in total. The lowest BCUT2D eigenvalue weighted by molar-refractivity contribution is -0.632. The Hall–Kier alpha value is -3.54. The predicted molar refractivity (Wildman–Crippen MR) is 99.4 cm³/mol. The molecule has 0 saturated heterocycles. The van der Waals surface area contributed by atoms with Crippen LogP contribution in [0, 0.1) is 11.6 Å². The number of esters is 1. The molecule has 28 heavy (non-hydrogen) atoms. The number of nitrogens with zero attached hydrogens (tertiary/aromatic N) is 1. The minimum Gasteiger partial charge on any atom is -0.465 e. The first kappa shape index (κ1) is 16.6. The number of fused-ring (bicyclic) bond motifs is 4. The van der Waals surface area contributed by atoms with Crippen LogP contribution in [-0.4, -0.2) is 13.1 Å². The van der Waals surface area contributed by atoms with Crippen molar-refractivity contribution in [2.24, 2.45) is 7.05 Å². The number of rotatable bonds is 1. The van der Waals surface area contributed by atoms with E-state index in [1.54, 1.807) is 24.3 Å². The SMILES string of the molecule is COC(=O)c1ccc2c(c1)c1cc(F)cc3c1c([n+]2C)-c1ccc(F)cc1O3. The third-order valence-corrected chi connectivity index (χ3v) is 5.13. The van der Waals surface area contributed by atoms with E-state index in [-0.39, 0.29) is 0 Å². The van der Waals surface area contributed by atoms with Gasteiger partial charge in [-0.05, 0) is 30.3 Å². The molecule has 0 fully saturated rings. The second kappa shape index (κ2) is 5.73. The molecule has 1 aliphatic heterocycles. The van der Waals surface area contributed by atoms with E-state index >= 15 is 0 Å². The number of benzene rings is 3. The van der Waals surface area contributed by atoms with Gasteiger partial charge in [-0.2, -0.15) is 4.57 Å². The van der Waals surface area contributed by atoms with E-state index in [0.29, 0.717) is 38.8 Å². The fourth-order valence-corrected chi connectivity index (χ4v) is 3.91. The zero-order chi connectivity index (χ0) is 19.6. The zero-order valence-electron chi connectivity index (χ0n) is 15.0. The van der Waals surface area contributed by atoms with Gasteiger partial charge in [-0.25, -0.2) is 13.6 Å². The molecular formula is C22H14F2NO3+. The van der Waals surface area contributed by atoms with Crippen LogP contribution in [0.2, 0.25) is 0 Å². The lowest BCUT2D eigenvalue weighted by atomic mass is 9.95. The first-order chi connectivity index (χ1) is 13.5. The lowest BCUT2D eigenvalue weighted by Gasteiger charge is -2.20. The summed E-state index contributed by atoms with van der Waals surface area (Å²) in [6.45, 7) is 0. The molecule has 4 nitrogen and oxygen atoms in total. The van der Waals surface area contributed by atoms with Crippen molar-refractivity contribution in [3.05, 3.63) is 65.7 Å². The number of carbonyl (C=O) groups is 1. The average Bonchev–Trinajstić information content (AvgIpc) is 2.69. The minimum atomic E-state index is -0.480. The van der Waals surface area contributed by atoms with Crippen molar-refractivity contribution in [2.75, 3.05) is 7.11 Å². The molecule has 1 aromatic heterocycles. The van der Waals surface area contributed by atoms with Crippen LogP contribution in [0.15, 0.2) is 48.5 Å². The van der Waals surface area contributed by atoms with E-state index in [2.05, 4.69) is 0 Å². The summed E-state index contributed by atoms with van der Waals surface area (Å²) in [5, 5.41) is 2.01. The van der Waals surface area contributed by atoms with Crippen LogP contribution in [0.3, 0.4) is 0 Å². The summed E-state index contributed by atoms with van der Waals surface area (Å²) in [4.78, 5) is 12.0. The Bertz CT molecular complexity index is 1330. The van der Waals surface area contributed by atoms with Crippen LogP contribution >= 0.6 is 0 Å². The summed E-state index contributed by atoms with van der Waals surface area (Å²) in [6.07, 6.45) is 0. The Morgan fingerprint density at radius 3 is 2.54 bits per heavy atom. The van der Waals surface area contributed by atoms with Crippen LogP contribution in [-0.2, 0) is 11.8 Å². The molecule has 0 aliphatic carbocycles. The van der Waals surface area contributed by atoms with Gasteiger partial charge in [0.25, 0.3) is 0 Å². The monoisotopic (exact) mass is 378 g/mol. The molecule has 0 bridgehead atoms. The van der Waals surface area contributed by atoms with Gasteiger partial charge in [-0.15, -0.1) is 0 Å². The number of ether oxygens (including phenoxy) is 2. The molecule has 1 aliphatic rings. The van der Waals surface area contributed by atoms with Crippen molar-refractivity contribution in [1.29, 1.82) is 0 Å². The van der Waals surface area contributed by atoms with Crippen LogP contribution in [0.4, 0.5) is 8.78 Å². The maximum atomic E-state index is 14.4. The number of methoxy groups -OCH3 is 1. The van der Waals surface area contributed by atoms with E-state index in [0.717, 1.165) is 11.2 Å². The Balaban J connectivity index is 1.98. The molecule has 0 amide bonds. The normalized spacial score (nSPS) is 12.0. The number of pyridine rings is 1. The summed E-state index contributed by atoms with van der Waals surface area (Å²) in [6, 6.07) is 12.2. The molecule has 138 valence electrons. The Labute approximate surface area is 158 Å². The van der Waals surface area contributed by atoms with Crippen LogP contribution < -0.4 is 9.30 Å². The van der Waals surface area contributed by atoms with Gasteiger partial charge in [-0.1, -0.05) is 0 Å². The molecule has 0 saturated carbocycles. The van der Waals surface area contributed by atoms with Crippen molar-refractivity contribution < 1.29 is 27.6 Å². The largest absolute Gasteiger partial charge is 0.465 e. The molecule has 0 unspecified atom stereocenters. The number of aromatic nitrogens is 1. The van der Waals surface area contributed by atoms with Gasteiger partial charge in [0.2, 0.25) is 11.2 Å². The van der Waals surface area contributed by atoms with Gasteiger partial charge >= 0.3 is 5.97 Å². The van der Waals surface area contributed by atoms with Crippen LogP contribution in [0.25, 0.3) is 32.9 Å². The number of carbonyl (C=O) groups excluding carboxylic acids is 1. The van der Waals surface area contributed by atoms with Gasteiger partial charge in [0.15, 0.2) is 0 Å². The third-order valence-electron chi connectivity index (χ3n) is 5.13. The fraction of sp³-hybridized carbons (Fsp3) is 0.0909. The standard InChI is InChI=1S/C22H14F2NO3/c1-25-17-6-3-11(22(26)27-2)7-15(17)16-8-13(24)10-19-20(16)21(25)14-5-4-12(23)9-18(14)28-19/h3-10H,1-2H3/q+1. The van der Waals surface area contributed by atoms with E-state index < -0.39 is 17.6 Å². The summed E-state index contributed by atoms with van der Waals surface area (Å²) in [7, 11) is 3.19. The first-order valence-electron chi connectivity index (χ1n) is 8.63. The van der Waals surface area contributed by atoms with Crippen molar-refractivity contribution in [3.8, 4) is 22.8 Å². The van der Waals surface area contributed by atoms with Gasteiger partial charge in [-0.3, -0.25) is 0 Å². The molecular weight excluding hydrogens is 364 g/mol. The smallest absolute Gasteiger partial charge is 0.337 e. The second-order valence-corrected chi connectivity index (χ2v) is 6.70. The Morgan fingerprint density at radius 2 is 1.75 bits per heavy atom. The molecule has 3 aromatic carbocycles. The highest BCUT2D eigenvalue weighted by atomic mass is 19.1. The zero-order valence-corrected chi connectivity index (χ0v) is 15.0. The summed E-state index contributed by atoms with van der Waals surface area (Å²) in [5.41, 5.74) is 2.68. The maximum absolute atomic E-state index is 14.4. The van der Waals surface area contributed by atoms with Crippen LogP contribution in [0.1, 0.15) is 10.4 Å². The van der Waals surface area contributed by atoms with Gasteiger partial charge in [0, 0.05) is 23.6 Å². The Morgan fingerprint density at radius 1 is 0.964 bits per heavy atom. The molecule has 2 heterocycles. The number of hydrogen-bond donors (Lipinski definition) is 0. The predicted octanol–water partition coefficient (Wildman–Crippen LogP) is 4.66. The van der Waals surface area contributed by atoms with Crippen LogP contribution in [0.5, 0.6) is 11.5 Å². The highest BCUT2D eigenvalue weighted by molar-refractivity contribution is 6.13. The number of hydrogen-bond acceptors (Lipinski definition) is 3. The number of halogens is 2. The maximum Gasteiger partial charge on any atom is 0.337 e. The second-order valence-electron chi connectivity index (χ2n) is 6.70. The quantitative estimate of drug-likeness (QED) is 0.242. The Kier molecular flexibility index (Phi) is 3.40. The minimum absolute atomic E-state index is 0.309. The molecule has 4 aromatic rings. The molecule has 0 atom stereocenters. The van der Waals surface area contributed by atoms with Crippen molar-refractivity contribution in [2.45, 2.75) is 0 Å². The van der Waals surface area contributed by atoms with Gasteiger partial charge in [0.1, 0.15) is 30.2 Å². The lowest BCUT2D eigenvalue weighted by Crippen LogP contribution is -2.33. The summed E-state index contributed by atoms with van der Waals surface area (Å²) < 4.78 is 40.7. The fourth-order valence-electron chi connectivity index (χ4n) is 3.91. The van der Waals surface area contributed by atoms with Crippen molar-refractivity contribution in [1.82, 2.24) is 0 Å². The summed E-state index contributed by atoms with van der Waals surface area (Å²) in [5.74, 6) is -0.736. The summed E-state index contributed by atoms with van der Waals surface area (Å²) >= 11 is 0. The van der Waals surface area contributed by atoms with E-state index in [4.69, 9.17) is 9.47 Å². The van der Waals surface area contributed by atoms with E-state index in [9.17, 15) is 13.6 Å². The first-order valence-corrected chi connectivity index (χ1v) is 8.63. The highest BCUT2D eigenvalue weighted by Gasteiger charge is 2.31. The van der Waals surface area contributed by atoms with Gasteiger partial charge < -0.3 is 9.47 Å². The van der Waals surface area contributed by atoms with Crippen molar-refractivity contribution >= 4 is 27.6 Å². The molecule has 0 radical (unpaired) electrons. The molecule has 5 rings (SSSR count).